The number of pyridine rings is 1. The lowest BCUT2D eigenvalue weighted by molar-refractivity contribution is 0.0513. The molecule has 1 N–H and O–H groups in total. The van der Waals surface area contributed by atoms with Crippen molar-refractivity contribution in [1.29, 1.82) is 0 Å². The smallest absolute Gasteiger partial charge is 0.356 e. The first-order chi connectivity index (χ1) is 15.1. The van der Waals surface area contributed by atoms with Crippen molar-refractivity contribution in [3.63, 3.8) is 0 Å². The minimum Gasteiger partial charge on any atom is -0.461 e. The molecular formula is C23H23BrN2O5S. The van der Waals surface area contributed by atoms with Gasteiger partial charge in [-0.15, -0.1) is 0 Å². The van der Waals surface area contributed by atoms with Crippen molar-refractivity contribution in [3.8, 4) is 11.4 Å². The van der Waals surface area contributed by atoms with E-state index in [4.69, 9.17) is 4.74 Å². The van der Waals surface area contributed by atoms with Gasteiger partial charge in [-0.25, -0.2) is 13.2 Å². The first-order valence-corrected chi connectivity index (χ1v) is 12.9. The molecule has 0 radical (unpaired) electrons. The summed E-state index contributed by atoms with van der Waals surface area (Å²) in [6.07, 6.45) is 2.15. The fourth-order valence-electron chi connectivity index (χ4n) is 4.08. The van der Waals surface area contributed by atoms with Gasteiger partial charge < -0.3 is 14.3 Å². The summed E-state index contributed by atoms with van der Waals surface area (Å²) in [5.41, 5.74) is 4.64. The number of rotatable bonds is 5. The van der Waals surface area contributed by atoms with Gasteiger partial charge in [0.1, 0.15) is 10.6 Å². The van der Waals surface area contributed by atoms with Crippen LogP contribution in [0.3, 0.4) is 0 Å². The van der Waals surface area contributed by atoms with Crippen molar-refractivity contribution < 1.29 is 17.9 Å². The summed E-state index contributed by atoms with van der Waals surface area (Å²) in [5, 5.41) is 0. The molecule has 9 heteroatoms. The molecule has 0 saturated carbocycles. The summed E-state index contributed by atoms with van der Waals surface area (Å²) in [5.74, 6) is -0.461. The number of aryl methyl sites for hydroxylation is 2. The molecule has 1 aliphatic carbocycles. The Hall–Kier alpha value is -2.65. The van der Waals surface area contributed by atoms with Crippen LogP contribution in [0.2, 0.25) is 0 Å². The quantitative estimate of drug-likeness (QED) is 0.519. The van der Waals surface area contributed by atoms with E-state index in [9.17, 15) is 18.0 Å². The van der Waals surface area contributed by atoms with E-state index >= 15 is 0 Å². The predicted octanol–water partition coefficient (Wildman–Crippen LogP) is 3.64. The number of hydrogen-bond acceptors (Lipinski definition) is 5. The molecule has 0 atom stereocenters. The maximum Gasteiger partial charge on any atom is 0.356 e. The molecule has 168 valence electrons. The number of carbonyl (C=O) groups excluding carboxylic acids is 1. The summed E-state index contributed by atoms with van der Waals surface area (Å²) in [7, 11) is -3.66. The van der Waals surface area contributed by atoms with Crippen LogP contribution < -0.4 is 5.56 Å². The van der Waals surface area contributed by atoms with Crippen molar-refractivity contribution in [2.75, 3.05) is 12.9 Å². The van der Waals surface area contributed by atoms with Gasteiger partial charge in [-0.2, -0.15) is 0 Å². The Morgan fingerprint density at radius 1 is 1.22 bits per heavy atom. The fourth-order valence-corrected chi connectivity index (χ4v) is 5.59. The zero-order chi connectivity index (χ0) is 23.2. The van der Waals surface area contributed by atoms with E-state index in [1.165, 1.54) is 6.07 Å². The number of carbonyl (C=O) groups is 1. The number of fused-ring (bicyclic) bond motifs is 3. The van der Waals surface area contributed by atoms with Crippen molar-refractivity contribution in [2.45, 2.75) is 38.1 Å². The van der Waals surface area contributed by atoms with Crippen molar-refractivity contribution >= 4 is 31.7 Å². The Kier molecular flexibility index (Phi) is 5.89. The molecule has 7 nitrogen and oxygen atoms in total. The summed E-state index contributed by atoms with van der Waals surface area (Å²) >= 11 is 3.59. The van der Waals surface area contributed by atoms with Gasteiger partial charge in [0.15, 0.2) is 9.84 Å². The molecule has 2 aromatic heterocycles. The molecule has 0 spiro atoms. The number of aromatic amines is 1. The van der Waals surface area contributed by atoms with Crippen LogP contribution in [0.25, 0.3) is 11.4 Å². The highest BCUT2D eigenvalue weighted by molar-refractivity contribution is 9.10. The van der Waals surface area contributed by atoms with E-state index in [1.54, 1.807) is 6.92 Å². The third-order valence-corrected chi connectivity index (χ3v) is 7.55. The number of ether oxygens (including phenoxy) is 1. The zero-order valence-electron chi connectivity index (χ0n) is 18.0. The SMILES string of the molecule is CCOC(=O)c1c(Br)c2c(n1Cc1ccc(C)cc1)-c1[nH]c(=O)c(S(C)(=O)=O)cc1CC2. The molecule has 1 aliphatic rings. The molecule has 0 fully saturated rings. The third kappa shape index (κ3) is 3.95. The Balaban J connectivity index is 1.98. The van der Waals surface area contributed by atoms with Crippen LogP contribution in [0.4, 0.5) is 0 Å². The van der Waals surface area contributed by atoms with Crippen molar-refractivity contribution in [1.82, 2.24) is 9.55 Å². The van der Waals surface area contributed by atoms with E-state index in [0.29, 0.717) is 40.9 Å². The Morgan fingerprint density at radius 2 is 1.91 bits per heavy atom. The third-order valence-electron chi connectivity index (χ3n) is 5.60. The second-order valence-electron chi connectivity index (χ2n) is 7.92. The molecule has 0 unspecified atom stereocenters. The molecule has 3 aromatic rings. The lowest BCUT2D eigenvalue weighted by atomic mass is 9.94. The largest absolute Gasteiger partial charge is 0.461 e. The van der Waals surface area contributed by atoms with E-state index < -0.39 is 21.4 Å². The van der Waals surface area contributed by atoms with Gasteiger partial charge in [-0.3, -0.25) is 4.79 Å². The van der Waals surface area contributed by atoms with E-state index in [1.807, 2.05) is 35.8 Å². The maximum atomic E-state index is 12.9. The molecule has 0 amide bonds. The summed E-state index contributed by atoms with van der Waals surface area (Å²) < 4.78 is 31.9. The molecule has 2 heterocycles. The number of esters is 1. The fraction of sp³-hybridized carbons (Fsp3) is 0.304. The van der Waals surface area contributed by atoms with Crippen molar-refractivity contribution in [3.05, 3.63) is 73.1 Å². The van der Waals surface area contributed by atoms with E-state index in [0.717, 1.165) is 28.5 Å². The average Bonchev–Trinajstić information content (AvgIpc) is 3.00. The lowest BCUT2D eigenvalue weighted by Gasteiger charge is -2.20. The number of aromatic nitrogens is 2. The highest BCUT2D eigenvalue weighted by atomic mass is 79.9. The van der Waals surface area contributed by atoms with Crippen LogP contribution in [0, 0.1) is 6.92 Å². The van der Waals surface area contributed by atoms with Crippen molar-refractivity contribution in [2.24, 2.45) is 0 Å². The number of H-pyrrole nitrogens is 1. The van der Waals surface area contributed by atoms with Gasteiger partial charge in [0.2, 0.25) is 0 Å². The summed E-state index contributed by atoms with van der Waals surface area (Å²) in [6, 6.07) is 9.43. The minimum absolute atomic E-state index is 0.233. The van der Waals surface area contributed by atoms with Gasteiger partial charge in [-0.05, 0) is 65.4 Å². The predicted molar refractivity (Wildman–Crippen MR) is 125 cm³/mol. The Bertz CT molecular complexity index is 1390. The summed E-state index contributed by atoms with van der Waals surface area (Å²) in [4.78, 5) is 28.1. The molecule has 32 heavy (non-hydrogen) atoms. The zero-order valence-corrected chi connectivity index (χ0v) is 20.4. The standard InChI is InChI=1S/C23H23BrN2O5S/c1-4-31-23(28)21-18(24)16-10-9-15-11-17(32(3,29)30)22(27)25-19(15)20(16)26(21)12-14-7-5-13(2)6-8-14/h5-8,11H,4,9-10,12H2,1-3H3,(H,25,27). The minimum atomic E-state index is -3.66. The van der Waals surface area contributed by atoms with Gasteiger partial charge in [0.05, 0.1) is 22.5 Å². The van der Waals surface area contributed by atoms with Crippen LogP contribution >= 0.6 is 15.9 Å². The molecule has 4 rings (SSSR count). The van der Waals surface area contributed by atoms with E-state index in [2.05, 4.69) is 20.9 Å². The topological polar surface area (TPSA) is 98.2 Å². The van der Waals surface area contributed by atoms with Gasteiger partial charge >= 0.3 is 5.97 Å². The number of halogens is 1. The first kappa shape index (κ1) is 22.5. The van der Waals surface area contributed by atoms with Gasteiger partial charge in [-0.1, -0.05) is 29.8 Å². The Labute approximate surface area is 194 Å². The number of benzene rings is 1. The molecule has 1 aromatic carbocycles. The highest BCUT2D eigenvalue weighted by Crippen LogP contribution is 2.41. The Morgan fingerprint density at radius 3 is 2.53 bits per heavy atom. The average molecular weight is 519 g/mol. The van der Waals surface area contributed by atoms with Gasteiger partial charge in [0.25, 0.3) is 5.56 Å². The number of nitrogens with one attached hydrogen (secondary N) is 1. The van der Waals surface area contributed by atoms with E-state index in [-0.39, 0.29) is 11.5 Å². The molecular weight excluding hydrogens is 496 g/mol. The van der Waals surface area contributed by atoms with Crippen LogP contribution in [-0.2, 0) is 34.0 Å². The van der Waals surface area contributed by atoms with Crippen LogP contribution in [-0.4, -0.2) is 36.8 Å². The highest BCUT2D eigenvalue weighted by Gasteiger charge is 2.32. The van der Waals surface area contributed by atoms with Crippen LogP contribution in [0.5, 0.6) is 0 Å². The molecule has 0 aliphatic heterocycles. The number of sulfone groups is 1. The maximum absolute atomic E-state index is 12.9. The second-order valence-corrected chi connectivity index (χ2v) is 10.7. The molecule has 0 saturated heterocycles. The lowest BCUT2D eigenvalue weighted by Crippen LogP contribution is -2.22. The number of hydrogen-bond donors (Lipinski definition) is 1. The van der Waals surface area contributed by atoms with Crippen LogP contribution in [0.1, 0.15) is 39.7 Å². The molecule has 0 bridgehead atoms. The van der Waals surface area contributed by atoms with Gasteiger partial charge in [0, 0.05) is 12.8 Å². The first-order valence-electron chi connectivity index (χ1n) is 10.2. The van der Waals surface area contributed by atoms with Crippen LogP contribution in [0.15, 0.2) is 44.5 Å². The normalized spacial score (nSPS) is 12.9. The second kappa shape index (κ2) is 8.37. The number of nitrogens with zero attached hydrogens (tertiary/aromatic N) is 1. The monoisotopic (exact) mass is 518 g/mol. The summed E-state index contributed by atoms with van der Waals surface area (Å²) in [6.45, 7) is 4.37.